The van der Waals surface area contributed by atoms with Crippen molar-refractivity contribution in [2.45, 2.75) is 163 Å². The van der Waals surface area contributed by atoms with Gasteiger partial charge in [-0.25, -0.2) is 0 Å². The van der Waals surface area contributed by atoms with E-state index in [9.17, 15) is 24.9 Å². The minimum absolute atomic E-state index is 0.112. The van der Waals surface area contributed by atoms with E-state index in [4.69, 9.17) is 18.9 Å². The van der Waals surface area contributed by atoms with E-state index in [2.05, 4.69) is 47.6 Å². The van der Waals surface area contributed by atoms with Crippen LogP contribution in [-0.2, 0) is 28.5 Å². The highest BCUT2D eigenvalue weighted by molar-refractivity contribution is 5.84. The monoisotopic (exact) mass is 672 g/mol. The molecule has 48 heavy (non-hydrogen) atoms. The zero-order chi connectivity index (χ0) is 35.0. The third-order valence-corrected chi connectivity index (χ3v) is 16.1. The fourth-order valence-electron chi connectivity index (χ4n) is 13.5. The van der Waals surface area contributed by atoms with Crippen LogP contribution in [0.2, 0.25) is 0 Å². The molecule has 2 heterocycles. The molecule has 5 aliphatic carbocycles. The summed E-state index contributed by atoms with van der Waals surface area (Å²) >= 11 is 0. The first-order valence-corrected chi connectivity index (χ1v) is 18.8. The number of aliphatic hydroxyl groups excluding tert-OH is 1. The quantitative estimate of drug-likeness (QED) is 0.218. The number of fused-ring (bicyclic) bond motifs is 8. The largest absolute Gasteiger partial charge is 0.481 e. The Morgan fingerprint density at radius 3 is 2.19 bits per heavy atom. The molecule has 15 atom stereocenters. The highest BCUT2D eigenvalue weighted by Gasteiger charge is 2.73. The highest BCUT2D eigenvalue weighted by Crippen LogP contribution is 2.76. The van der Waals surface area contributed by atoms with Crippen LogP contribution in [0, 0.1) is 56.7 Å². The molecule has 270 valence electrons. The van der Waals surface area contributed by atoms with E-state index in [0.717, 1.165) is 44.1 Å². The van der Waals surface area contributed by atoms with Gasteiger partial charge in [0.05, 0.1) is 23.0 Å². The Morgan fingerprint density at radius 2 is 1.52 bits per heavy atom. The van der Waals surface area contributed by atoms with Crippen molar-refractivity contribution in [3.05, 3.63) is 11.6 Å². The Morgan fingerprint density at radius 1 is 0.833 bits per heavy atom. The van der Waals surface area contributed by atoms with Crippen molar-refractivity contribution in [2.24, 2.45) is 56.7 Å². The third-order valence-electron chi connectivity index (χ3n) is 16.1. The fourth-order valence-corrected chi connectivity index (χ4v) is 13.5. The van der Waals surface area contributed by atoms with Crippen LogP contribution in [0.3, 0.4) is 0 Å². The van der Waals surface area contributed by atoms with Gasteiger partial charge in [0.15, 0.2) is 12.1 Å². The van der Waals surface area contributed by atoms with Crippen LogP contribution in [-0.4, -0.2) is 69.9 Å². The Balaban J connectivity index is 1.20. The van der Waals surface area contributed by atoms with Gasteiger partial charge in [-0.1, -0.05) is 53.2 Å². The molecule has 0 spiro atoms. The van der Waals surface area contributed by atoms with Crippen molar-refractivity contribution >= 4 is 11.9 Å². The number of aliphatic hydroxyl groups is 1. The summed E-state index contributed by atoms with van der Waals surface area (Å²) in [5.41, 5.74) is -1.92. The summed E-state index contributed by atoms with van der Waals surface area (Å²) in [5.74, 6) is -1.69. The molecule has 4 saturated carbocycles. The summed E-state index contributed by atoms with van der Waals surface area (Å²) in [5, 5.41) is 33.5. The van der Waals surface area contributed by atoms with E-state index < -0.39 is 52.5 Å². The van der Waals surface area contributed by atoms with Crippen LogP contribution in [0.1, 0.15) is 120 Å². The first kappa shape index (κ1) is 34.9. The molecule has 0 aromatic rings. The minimum atomic E-state index is -1.07. The van der Waals surface area contributed by atoms with Crippen molar-refractivity contribution in [2.75, 3.05) is 0 Å². The molecule has 0 radical (unpaired) electrons. The lowest BCUT2D eigenvalue weighted by Crippen LogP contribution is -2.68. The Hall–Kier alpha value is -1.52. The van der Waals surface area contributed by atoms with E-state index in [1.165, 1.54) is 0 Å². The molecule has 0 aromatic carbocycles. The van der Waals surface area contributed by atoms with Crippen LogP contribution in [0.25, 0.3) is 0 Å². The first-order chi connectivity index (χ1) is 22.3. The molecular weight excluding hydrogens is 612 g/mol. The molecular formula is C39H60O9. The minimum Gasteiger partial charge on any atom is -0.481 e. The van der Waals surface area contributed by atoms with E-state index in [1.807, 2.05) is 20.8 Å². The summed E-state index contributed by atoms with van der Waals surface area (Å²) in [7, 11) is 0. The molecule has 2 saturated heterocycles. The number of carboxylic acid groups (broad SMARTS) is 2. The maximum Gasteiger partial charge on any atom is 0.314 e. The third kappa shape index (κ3) is 4.45. The maximum atomic E-state index is 13.9. The zero-order valence-electron chi connectivity index (χ0n) is 30.6. The van der Waals surface area contributed by atoms with Gasteiger partial charge in [0.25, 0.3) is 0 Å². The maximum absolute atomic E-state index is 13.9. The number of carbonyl (C=O) groups is 2. The van der Waals surface area contributed by atoms with Gasteiger partial charge in [-0.05, 0) is 124 Å². The van der Waals surface area contributed by atoms with Crippen molar-refractivity contribution in [1.82, 2.24) is 0 Å². The van der Waals surface area contributed by atoms with Gasteiger partial charge in [-0.2, -0.15) is 0 Å². The van der Waals surface area contributed by atoms with Crippen molar-refractivity contribution < 1.29 is 43.9 Å². The number of rotatable bonds is 4. The van der Waals surface area contributed by atoms with E-state index in [-0.39, 0.29) is 52.8 Å². The Kier molecular flexibility index (Phi) is 7.99. The number of hydrogen-bond acceptors (Lipinski definition) is 7. The first-order valence-electron chi connectivity index (χ1n) is 18.8. The van der Waals surface area contributed by atoms with Gasteiger partial charge in [-0.3, -0.25) is 9.59 Å². The predicted octanol–water partition coefficient (Wildman–Crippen LogP) is 6.80. The Labute approximate surface area is 286 Å². The SMILES string of the molecule is C[C@H]1[C@H](C)CC[C@]2(C(=O)O)CC[C@]3(C(=O)O)C(=CC[C@@H]4[C@@]5(C)CC[C@H](O[C@@H]6O[C@H](C)[C@@H]7OC(C)(C)O[C@@H]7[C@H]6O)C(C)(C)[C@@H]5CC[C@]43C)[C@H]12. The number of ether oxygens (including phenoxy) is 4. The van der Waals surface area contributed by atoms with E-state index >= 15 is 0 Å². The number of aliphatic carboxylic acids is 2. The molecule has 9 nitrogen and oxygen atoms in total. The Bertz CT molecular complexity index is 1370. The number of carboxylic acids is 2. The summed E-state index contributed by atoms with van der Waals surface area (Å²) in [6.45, 7) is 19.2. The summed E-state index contributed by atoms with van der Waals surface area (Å²) in [6.07, 6.45) is 5.50. The average Bonchev–Trinajstić information content (AvgIpc) is 3.34. The summed E-state index contributed by atoms with van der Waals surface area (Å²) in [4.78, 5) is 26.9. The van der Waals surface area contributed by atoms with E-state index in [0.29, 0.717) is 25.2 Å². The van der Waals surface area contributed by atoms with Crippen LogP contribution in [0.15, 0.2) is 11.6 Å². The molecule has 6 fully saturated rings. The van der Waals surface area contributed by atoms with Crippen LogP contribution in [0.5, 0.6) is 0 Å². The van der Waals surface area contributed by atoms with Gasteiger partial charge in [0.1, 0.15) is 18.3 Å². The van der Waals surface area contributed by atoms with Gasteiger partial charge in [-0.15, -0.1) is 0 Å². The fraction of sp³-hybridized carbons (Fsp3) is 0.897. The second-order valence-corrected chi connectivity index (χ2v) is 18.7. The molecule has 3 N–H and O–H groups in total. The second-order valence-electron chi connectivity index (χ2n) is 18.7. The van der Waals surface area contributed by atoms with Crippen molar-refractivity contribution in [1.29, 1.82) is 0 Å². The lowest BCUT2D eigenvalue weighted by molar-refractivity contribution is -0.312. The molecule has 0 bridgehead atoms. The summed E-state index contributed by atoms with van der Waals surface area (Å²) in [6, 6.07) is 0. The van der Waals surface area contributed by atoms with Gasteiger partial charge in [0.2, 0.25) is 0 Å². The normalized spacial score (nSPS) is 53.6. The van der Waals surface area contributed by atoms with Crippen molar-refractivity contribution in [3.8, 4) is 0 Å². The number of hydrogen-bond donors (Lipinski definition) is 3. The molecule has 0 aromatic heterocycles. The topological polar surface area (TPSA) is 132 Å². The molecule has 2 aliphatic heterocycles. The van der Waals surface area contributed by atoms with Crippen molar-refractivity contribution in [3.63, 3.8) is 0 Å². The van der Waals surface area contributed by atoms with Gasteiger partial charge < -0.3 is 34.3 Å². The van der Waals surface area contributed by atoms with Crippen LogP contribution < -0.4 is 0 Å². The van der Waals surface area contributed by atoms with Gasteiger partial charge >= 0.3 is 11.9 Å². The van der Waals surface area contributed by atoms with Gasteiger partial charge in [0, 0.05) is 0 Å². The second kappa shape index (κ2) is 11.0. The molecule has 9 heteroatoms. The van der Waals surface area contributed by atoms with E-state index in [1.54, 1.807) is 0 Å². The number of allylic oxidation sites excluding steroid dienone is 1. The smallest absolute Gasteiger partial charge is 0.314 e. The molecule has 7 rings (SSSR count). The zero-order valence-corrected chi connectivity index (χ0v) is 30.6. The van der Waals surface area contributed by atoms with Crippen LogP contribution >= 0.6 is 0 Å². The average molecular weight is 673 g/mol. The molecule has 7 aliphatic rings. The predicted molar refractivity (Wildman–Crippen MR) is 178 cm³/mol. The molecule has 0 amide bonds. The van der Waals surface area contributed by atoms with Crippen LogP contribution in [0.4, 0.5) is 0 Å². The summed E-state index contributed by atoms with van der Waals surface area (Å²) < 4.78 is 25.1. The highest BCUT2D eigenvalue weighted by atomic mass is 16.8. The lowest BCUT2D eigenvalue weighted by atomic mass is 9.33. The standard InChI is InChI=1S/C39H60O9/c1-20-12-17-38(32(41)42)18-19-39(33(43)44)23(27(38)21(20)2)10-11-25-36(8)15-14-26(34(4,5)24(36)13-16-37(25,39)9)46-31-28(40)30-29(22(3)45-31)47-35(6,7)48-30/h10,20-22,24-31,40H,11-19H2,1-9H3,(H,41,42)(H,43,44)/t20-,21+,22-,24+,25-,26+,27+,28-,29+,30-,31+,36+,37-,38+,39-/m1/s1. The lowest BCUT2D eigenvalue weighted by Gasteiger charge is -2.70. The molecule has 0 unspecified atom stereocenters.